The third kappa shape index (κ3) is 4.46. The van der Waals surface area contributed by atoms with E-state index in [4.69, 9.17) is 5.14 Å². The largest absolute Gasteiger partial charge is 0.352 e. The number of benzene rings is 1. The molecule has 0 aromatic heterocycles. The molecule has 0 aliphatic carbocycles. The molecule has 0 saturated heterocycles. The third-order valence-electron chi connectivity index (χ3n) is 2.22. The molecule has 0 aliphatic heterocycles. The van der Waals surface area contributed by atoms with Crippen LogP contribution in [0.5, 0.6) is 0 Å². The van der Waals surface area contributed by atoms with Gasteiger partial charge in [0.1, 0.15) is 0 Å². The number of sulfonamides is 1. The maximum Gasteiger partial charge on any atom is 0.251 e. The van der Waals surface area contributed by atoms with E-state index < -0.39 is 10.0 Å². The first kappa shape index (κ1) is 14.7. The fourth-order valence-electron chi connectivity index (χ4n) is 1.24. The minimum Gasteiger partial charge on any atom is -0.352 e. The van der Waals surface area contributed by atoms with Crippen LogP contribution in [0.25, 0.3) is 0 Å². The molecule has 0 saturated carbocycles. The third-order valence-corrected chi connectivity index (χ3v) is 3.15. The van der Waals surface area contributed by atoms with E-state index in [2.05, 4.69) is 5.32 Å². The van der Waals surface area contributed by atoms with Crippen molar-refractivity contribution in [3.8, 4) is 0 Å². The van der Waals surface area contributed by atoms with Crippen LogP contribution < -0.4 is 10.5 Å². The van der Waals surface area contributed by atoms with Gasteiger partial charge in [-0.3, -0.25) is 4.79 Å². The Bertz CT molecular complexity index is 527. The molecule has 0 heterocycles. The second-order valence-corrected chi connectivity index (χ2v) is 6.87. The highest BCUT2D eigenvalue weighted by Gasteiger charge is 2.14. The minimum atomic E-state index is -3.71. The summed E-state index contributed by atoms with van der Waals surface area (Å²) in [4.78, 5) is 11.8. The zero-order valence-electron chi connectivity index (χ0n) is 10.7. The molecule has 6 heteroatoms. The molecule has 0 radical (unpaired) electrons. The SMILES string of the molecule is CC(C)(C)CNC(=O)c1ccc(S(N)(=O)=O)cc1. The molecular formula is C12H18N2O3S. The highest BCUT2D eigenvalue weighted by atomic mass is 32.2. The first-order chi connectivity index (χ1) is 8.09. The molecule has 0 aliphatic rings. The van der Waals surface area contributed by atoms with Gasteiger partial charge >= 0.3 is 0 Å². The molecular weight excluding hydrogens is 252 g/mol. The number of hydrogen-bond acceptors (Lipinski definition) is 3. The maximum atomic E-state index is 11.8. The average Bonchev–Trinajstić information content (AvgIpc) is 2.24. The Morgan fingerprint density at radius 3 is 2.11 bits per heavy atom. The van der Waals surface area contributed by atoms with E-state index in [-0.39, 0.29) is 16.2 Å². The Kier molecular flexibility index (Phi) is 4.13. The highest BCUT2D eigenvalue weighted by Crippen LogP contribution is 2.12. The van der Waals surface area contributed by atoms with Crippen LogP contribution in [0, 0.1) is 5.41 Å². The van der Waals surface area contributed by atoms with Gasteiger partial charge in [-0.25, -0.2) is 13.6 Å². The highest BCUT2D eigenvalue weighted by molar-refractivity contribution is 7.89. The Morgan fingerprint density at radius 1 is 1.22 bits per heavy atom. The van der Waals surface area contributed by atoms with Crippen LogP contribution in [0.1, 0.15) is 31.1 Å². The lowest BCUT2D eigenvalue weighted by Gasteiger charge is -2.18. The molecule has 100 valence electrons. The van der Waals surface area contributed by atoms with Crippen molar-refractivity contribution < 1.29 is 13.2 Å². The van der Waals surface area contributed by atoms with Crippen molar-refractivity contribution in [2.24, 2.45) is 10.6 Å². The van der Waals surface area contributed by atoms with Crippen LogP contribution in [0.4, 0.5) is 0 Å². The summed E-state index contributed by atoms with van der Waals surface area (Å²) in [7, 11) is -3.71. The number of nitrogens with two attached hydrogens (primary N) is 1. The first-order valence-electron chi connectivity index (χ1n) is 5.51. The summed E-state index contributed by atoms with van der Waals surface area (Å²) >= 11 is 0. The summed E-state index contributed by atoms with van der Waals surface area (Å²) < 4.78 is 22.1. The standard InChI is InChI=1S/C12H18N2O3S/c1-12(2,3)8-14-11(15)9-4-6-10(7-5-9)18(13,16)17/h4-7H,8H2,1-3H3,(H,14,15)(H2,13,16,17). The molecule has 3 N–H and O–H groups in total. The molecule has 0 unspecified atom stereocenters. The van der Waals surface area contributed by atoms with Crippen molar-refractivity contribution >= 4 is 15.9 Å². The van der Waals surface area contributed by atoms with Crippen LogP contribution in [-0.4, -0.2) is 20.9 Å². The summed E-state index contributed by atoms with van der Waals surface area (Å²) in [6, 6.07) is 5.53. The van der Waals surface area contributed by atoms with Gasteiger partial charge in [0.05, 0.1) is 4.90 Å². The van der Waals surface area contributed by atoms with Crippen LogP contribution >= 0.6 is 0 Å². The Morgan fingerprint density at radius 2 is 1.72 bits per heavy atom. The van der Waals surface area contributed by atoms with E-state index >= 15 is 0 Å². The molecule has 0 spiro atoms. The van der Waals surface area contributed by atoms with E-state index in [1.807, 2.05) is 20.8 Å². The molecule has 1 aromatic rings. The van der Waals surface area contributed by atoms with E-state index in [0.717, 1.165) is 0 Å². The maximum absolute atomic E-state index is 11.8. The van der Waals surface area contributed by atoms with Crippen LogP contribution in [0.2, 0.25) is 0 Å². The summed E-state index contributed by atoms with van der Waals surface area (Å²) in [6.07, 6.45) is 0. The van der Waals surface area contributed by atoms with Gasteiger partial charge < -0.3 is 5.32 Å². The van der Waals surface area contributed by atoms with Gasteiger partial charge in [0.25, 0.3) is 5.91 Å². The lowest BCUT2D eigenvalue weighted by atomic mass is 9.97. The Balaban J connectivity index is 2.77. The average molecular weight is 270 g/mol. The zero-order chi connectivity index (χ0) is 14.0. The summed E-state index contributed by atoms with van der Waals surface area (Å²) in [5.74, 6) is -0.231. The van der Waals surface area contributed by atoms with E-state index in [1.165, 1.54) is 24.3 Å². The number of primary sulfonamides is 1. The van der Waals surface area contributed by atoms with Crippen molar-refractivity contribution in [1.29, 1.82) is 0 Å². The minimum absolute atomic E-state index is 0.00377. The second-order valence-electron chi connectivity index (χ2n) is 5.31. The summed E-state index contributed by atoms with van der Waals surface area (Å²) in [6.45, 7) is 6.58. The molecule has 0 bridgehead atoms. The lowest BCUT2D eigenvalue weighted by Crippen LogP contribution is -2.32. The number of carbonyl (C=O) groups is 1. The predicted molar refractivity (Wildman–Crippen MR) is 69.6 cm³/mol. The van der Waals surface area contributed by atoms with Gasteiger partial charge in [-0.05, 0) is 29.7 Å². The number of rotatable bonds is 3. The van der Waals surface area contributed by atoms with E-state index in [9.17, 15) is 13.2 Å². The lowest BCUT2D eigenvalue weighted by molar-refractivity contribution is 0.0939. The van der Waals surface area contributed by atoms with Gasteiger partial charge in [-0.2, -0.15) is 0 Å². The molecule has 1 aromatic carbocycles. The van der Waals surface area contributed by atoms with E-state index in [1.54, 1.807) is 0 Å². The van der Waals surface area contributed by atoms with Crippen molar-refractivity contribution in [1.82, 2.24) is 5.32 Å². The van der Waals surface area contributed by atoms with Gasteiger partial charge in [0, 0.05) is 12.1 Å². The van der Waals surface area contributed by atoms with Crippen LogP contribution in [0.3, 0.4) is 0 Å². The summed E-state index contributed by atoms with van der Waals surface area (Å²) in [5, 5.41) is 7.75. The quantitative estimate of drug-likeness (QED) is 0.862. The van der Waals surface area contributed by atoms with Crippen molar-refractivity contribution in [2.75, 3.05) is 6.54 Å². The number of nitrogens with one attached hydrogen (secondary N) is 1. The fraction of sp³-hybridized carbons (Fsp3) is 0.417. The summed E-state index contributed by atoms with van der Waals surface area (Å²) in [5.41, 5.74) is 0.405. The molecule has 18 heavy (non-hydrogen) atoms. The Hall–Kier alpha value is -1.40. The fourth-order valence-corrected chi connectivity index (χ4v) is 1.76. The smallest absolute Gasteiger partial charge is 0.251 e. The monoisotopic (exact) mass is 270 g/mol. The van der Waals surface area contributed by atoms with Gasteiger partial charge in [0.2, 0.25) is 10.0 Å². The molecule has 5 nitrogen and oxygen atoms in total. The number of carbonyl (C=O) groups excluding carboxylic acids is 1. The molecule has 0 fully saturated rings. The van der Waals surface area contributed by atoms with Gasteiger partial charge in [-0.15, -0.1) is 0 Å². The first-order valence-corrected chi connectivity index (χ1v) is 7.05. The number of hydrogen-bond donors (Lipinski definition) is 2. The van der Waals surface area contributed by atoms with Crippen LogP contribution in [0.15, 0.2) is 29.2 Å². The van der Waals surface area contributed by atoms with Crippen molar-refractivity contribution in [2.45, 2.75) is 25.7 Å². The van der Waals surface area contributed by atoms with Crippen molar-refractivity contribution in [3.63, 3.8) is 0 Å². The van der Waals surface area contributed by atoms with Gasteiger partial charge in [-0.1, -0.05) is 20.8 Å². The van der Waals surface area contributed by atoms with Crippen molar-refractivity contribution in [3.05, 3.63) is 29.8 Å². The molecule has 1 rings (SSSR count). The second kappa shape index (κ2) is 5.07. The van der Waals surface area contributed by atoms with E-state index in [0.29, 0.717) is 12.1 Å². The topological polar surface area (TPSA) is 89.3 Å². The Labute approximate surface area is 107 Å². The van der Waals surface area contributed by atoms with Crippen LogP contribution in [-0.2, 0) is 10.0 Å². The molecule has 1 amide bonds. The zero-order valence-corrected chi connectivity index (χ0v) is 11.5. The molecule has 0 atom stereocenters. The predicted octanol–water partition coefficient (Wildman–Crippen LogP) is 1.11. The number of amides is 1. The van der Waals surface area contributed by atoms with Gasteiger partial charge in [0.15, 0.2) is 0 Å². The normalized spacial score (nSPS) is 12.2.